The van der Waals surface area contributed by atoms with E-state index in [0.717, 1.165) is 38.4 Å². The highest BCUT2D eigenvalue weighted by molar-refractivity contribution is 5.60. The molecule has 0 unspecified atom stereocenters. The number of azo groups is 1. The Bertz CT molecular complexity index is 1340. The topological polar surface area (TPSA) is 94.4 Å². The number of nitrogens with one attached hydrogen (secondary N) is 1. The Morgan fingerprint density at radius 2 is 1.71 bits per heavy atom. The molecule has 2 aromatic heterocycles. The van der Waals surface area contributed by atoms with Crippen LogP contribution in [0.25, 0.3) is 0 Å². The molecule has 0 bridgehead atoms. The summed E-state index contributed by atoms with van der Waals surface area (Å²) in [5, 5.41) is 11.0. The summed E-state index contributed by atoms with van der Waals surface area (Å²) in [7, 11) is 2.01. The first-order valence-corrected chi connectivity index (χ1v) is 13.3. The van der Waals surface area contributed by atoms with Crippen molar-refractivity contribution in [2.24, 2.45) is 10.2 Å². The number of nitrogens with zero attached hydrogens (tertiary/aromatic N) is 8. The predicted molar refractivity (Wildman–Crippen MR) is 145 cm³/mol. The highest BCUT2D eigenvalue weighted by Crippen LogP contribution is 2.35. The molecule has 2 aliphatic rings. The summed E-state index contributed by atoms with van der Waals surface area (Å²) in [6.07, 6.45) is -1.89. The normalized spacial score (nSPS) is 17.3. The van der Waals surface area contributed by atoms with Gasteiger partial charge in [0.05, 0.1) is 42.6 Å². The average molecular weight is 574 g/mol. The van der Waals surface area contributed by atoms with Gasteiger partial charge in [-0.15, -0.1) is 5.11 Å². The van der Waals surface area contributed by atoms with Crippen LogP contribution in [-0.2, 0) is 24.0 Å². The van der Waals surface area contributed by atoms with E-state index in [1.165, 1.54) is 12.3 Å². The zero-order valence-corrected chi connectivity index (χ0v) is 22.6. The first-order chi connectivity index (χ1) is 19.7. The van der Waals surface area contributed by atoms with Crippen molar-refractivity contribution in [3.8, 4) is 0 Å². The van der Waals surface area contributed by atoms with Gasteiger partial charge in [0.2, 0.25) is 0 Å². The van der Waals surface area contributed by atoms with E-state index >= 15 is 0 Å². The largest absolute Gasteiger partial charge is 0.416 e. The lowest BCUT2D eigenvalue weighted by molar-refractivity contribution is -0.138. The molecule has 14 heteroatoms. The minimum Gasteiger partial charge on any atom is -0.378 e. The van der Waals surface area contributed by atoms with E-state index in [2.05, 4.69) is 35.4 Å². The van der Waals surface area contributed by atoms with Crippen LogP contribution in [0.5, 0.6) is 0 Å². The van der Waals surface area contributed by atoms with Crippen molar-refractivity contribution in [2.75, 3.05) is 69.7 Å². The van der Waals surface area contributed by atoms with E-state index in [1.54, 1.807) is 23.1 Å². The van der Waals surface area contributed by atoms with Gasteiger partial charge in [-0.1, -0.05) is 6.07 Å². The highest BCUT2D eigenvalue weighted by Gasteiger charge is 2.34. The average Bonchev–Trinajstić information content (AvgIpc) is 2.97. The summed E-state index contributed by atoms with van der Waals surface area (Å²) >= 11 is 0. The molecular formula is C27H31F4N9O. The summed E-state index contributed by atoms with van der Waals surface area (Å²) in [5.74, 6) is -0.350. The van der Waals surface area contributed by atoms with Gasteiger partial charge < -0.3 is 19.9 Å². The number of rotatable bonds is 8. The molecule has 10 nitrogen and oxygen atoms in total. The molecule has 2 aliphatic heterocycles. The maximum atomic E-state index is 14.2. The summed E-state index contributed by atoms with van der Waals surface area (Å²) in [6.45, 7) is 5.53. The number of pyridine rings is 1. The van der Waals surface area contributed by atoms with Crippen molar-refractivity contribution in [3.63, 3.8) is 0 Å². The molecule has 3 aromatic rings. The second-order valence-electron chi connectivity index (χ2n) is 9.95. The molecule has 1 aromatic carbocycles. The SMILES string of the molecule is CN1CCN(Cc2ccc(Nc3ccc(CN=Nc4ncc(F)c(N5CCOCC5)n4)nc3)cc2C(F)(F)F)CC1. The first kappa shape index (κ1) is 28.8. The number of anilines is 3. The lowest BCUT2D eigenvalue weighted by Gasteiger charge is -2.33. The molecule has 218 valence electrons. The number of hydrogen-bond donors (Lipinski definition) is 1. The molecule has 41 heavy (non-hydrogen) atoms. The maximum Gasteiger partial charge on any atom is 0.416 e. The monoisotopic (exact) mass is 573 g/mol. The van der Waals surface area contributed by atoms with Gasteiger partial charge in [0.15, 0.2) is 11.6 Å². The number of likely N-dealkylation sites (N-methyl/N-ethyl adjacent to an activating group) is 1. The first-order valence-electron chi connectivity index (χ1n) is 13.3. The number of morpholine rings is 1. The van der Waals surface area contributed by atoms with Crippen LogP contribution >= 0.6 is 0 Å². The zero-order chi connectivity index (χ0) is 28.8. The van der Waals surface area contributed by atoms with Crippen LogP contribution < -0.4 is 10.2 Å². The Kier molecular flexibility index (Phi) is 9.00. The molecule has 2 saturated heterocycles. The Hall–Kier alpha value is -3.75. The molecular weight excluding hydrogens is 542 g/mol. The third-order valence-corrected chi connectivity index (χ3v) is 6.93. The summed E-state index contributed by atoms with van der Waals surface area (Å²) in [6, 6.07) is 7.72. The number of hydrogen-bond acceptors (Lipinski definition) is 10. The molecule has 5 rings (SSSR count). The fraction of sp³-hybridized carbons (Fsp3) is 0.444. The Morgan fingerprint density at radius 1 is 0.951 bits per heavy atom. The third-order valence-electron chi connectivity index (χ3n) is 6.93. The van der Waals surface area contributed by atoms with Gasteiger partial charge in [-0.25, -0.2) is 9.37 Å². The third kappa shape index (κ3) is 7.71. The van der Waals surface area contributed by atoms with Gasteiger partial charge in [-0.3, -0.25) is 9.88 Å². The van der Waals surface area contributed by atoms with E-state index in [4.69, 9.17) is 4.74 Å². The van der Waals surface area contributed by atoms with Crippen LogP contribution in [-0.4, -0.2) is 84.3 Å². The molecule has 4 heterocycles. The van der Waals surface area contributed by atoms with Crippen LogP contribution in [0, 0.1) is 5.82 Å². The smallest absolute Gasteiger partial charge is 0.378 e. The Balaban J connectivity index is 1.20. The molecule has 0 amide bonds. The fourth-order valence-electron chi connectivity index (χ4n) is 4.63. The predicted octanol–water partition coefficient (Wildman–Crippen LogP) is 4.64. The second-order valence-corrected chi connectivity index (χ2v) is 9.95. The van der Waals surface area contributed by atoms with Crippen LogP contribution in [0.15, 0.2) is 53.0 Å². The van der Waals surface area contributed by atoms with E-state index in [-0.39, 0.29) is 30.4 Å². The fourth-order valence-corrected chi connectivity index (χ4v) is 4.63. The van der Waals surface area contributed by atoms with Gasteiger partial charge >= 0.3 is 6.18 Å². The van der Waals surface area contributed by atoms with Gasteiger partial charge in [0.25, 0.3) is 5.95 Å². The van der Waals surface area contributed by atoms with Gasteiger partial charge in [-0.2, -0.15) is 23.3 Å². The van der Waals surface area contributed by atoms with E-state index in [9.17, 15) is 17.6 Å². The Morgan fingerprint density at radius 3 is 2.41 bits per heavy atom. The van der Waals surface area contributed by atoms with Gasteiger partial charge in [0.1, 0.15) is 6.54 Å². The van der Waals surface area contributed by atoms with Crippen molar-refractivity contribution in [3.05, 3.63) is 65.4 Å². The van der Waals surface area contributed by atoms with Crippen molar-refractivity contribution >= 4 is 23.1 Å². The van der Waals surface area contributed by atoms with Crippen LogP contribution in [0.1, 0.15) is 16.8 Å². The van der Waals surface area contributed by atoms with Crippen LogP contribution in [0.3, 0.4) is 0 Å². The summed E-state index contributed by atoms with van der Waals surface area (Å²) in [4.78, 5) is 18.3. The number of benzene rings is 1. The maximum absolute atomic E-state index is 14.2. The van der Waals surface area contributed by atoms with E-state index in [1.807, 2.05) is 11.9 Å². The summed E-state index contributed by atoms with van der Waals surface area (Å²) in [5.41, 5.74) is 1.04. The quantitative estimate of drug-likeness (QED) is 0.308. The minimum atomic E-state index is -4.47. The summed E-state index contributed by atoms with van der Waals surface area (Å²) < 4.78 is 61.2. The molecule has 0 spiro atoms. The van der Waals surface area contributed by atoms with Crippen LogP contribution in [0.4, 0.5) is 40.7 Å². The van der Waals surface area contributed by atoms with E-state index < -0.39 is 17.6 Å². The molecule has 0 atom stereocenters. The van der Waals surface area contributed by atoms with Crippen LogP contribution in [0.2, 0.25) is 0 Å². The van der Waals surface area contributed by atoms with E-state index in [0.29, 0.717) is 43.4 Å². The standard InChI is InChI=1S/C27H31F4N9O/c1-38-6-8-39(9-7-38)18-19-2-3-20(14-23(19)27(29,30)31)35-22-5-4-21(32-15-22)16-34-37-26-33-17-24(28)25(36-26)40-10-12-41-13-11-40/h2-5,14-15,17,35H,6-13,16,18H2,1H3. The zero-order valence-electron chi connectivity index (χ0n) is 22.6. The number of alkyl halides is 3. The number of aromatic nitrogens is 3. The number of piperazine rings is 1. The lowest BCUT2D eigenvalue weighted by atomic mass is 10.0. The Labute approximate surface area is 235 Å². The number of halogens is 4. The van der Waals surface area contributed by atoms with Crippen molar-refractivity contribution < 1.29 is 22.3 Å². The molecule has 0 aliphatic carbocycles. The lowest BCUT2D eigenvalue weighted by Crippen LogP contribution is -2.44. The number of ether oxygens (including phenoxy) is 1. The van der Waals surface area contributed by atoms with Gasteiger partial charge in [0, 0.05) is 51.5 Å². The molecule has 1 N–H and O–H groups in total. The highest BCUT2D eigenvalue weighted by atomic mass is 19.4. The van der Waals surface area contributed by atoms with Crippen molar-refractivity contribution in [1.29, 1.82) is 0 Å². The second kappa shape index (κ2) is 12.8. The molecule has 0 saturated carbocycles. The van der Waals surface area contributed by atoms with Crippen molar-refractivity contribution in [1.82, 2.24) is 24.8 Å². The molecule has 2 fully saturated rings. The molecule has 0 radical (unpaired) electrons. The minimum absolute atomic E-state index is 0.0303. The van der Waals surface area contributed by atoms with Gasteiger partial charge in [-0.05, 0) is 36.9 Å². The van der Waals surface area contributed by atoms with Crippen molar-refractivity contribution in [2.45, 2.75) is 19.3 Å².